The molecule has 0 saturated carbocycles. The van der Waals surface area contributed by atoms with Crippen molar-refractivity contribution in [3.05, 3.63) is 29.3 Å². The van der Waals surface area contributed by atoms with Gasteiger partial charge in [0, 0.05) is 12.5 Å². The van der Waals surface area contributed by atoms with Crippen LogP contribution in [0.3, 0.4) is 0 Å². The van der Waals surface area contributed by atoms with E-state index in [9.17, 15) is 0 Å². The number of nitrogens with zero attached hydrogens (tertiary/aromatic N) is 1. The van der Waals surface area contributed by atoms with Gasteiger partial charge in [0.05, 0.1) is 12.7 Å². The number of nitriles is 1. The highest BCUT2D eigenvalue weighted by Gasteiger charge is 2.04. The van der Waals surface area contributed by atoms with Crippen molar-refractivity contribution in [2.75, 3.05) is 6.61 Å². The molecule has 92 valence electrons. The third-order valence-electron chi connectivity index (χ3n) is 2.67. The Morgan fingerprint density at radius 2 is 2.18 bits per heavy atom. The van der Waals surface area contributed by atoms with E-state index in [-0.39, 0.29) is 6.04 Å². The fourth-order valence-electron chi connectivity index (χ4n) is 1.61. The Morgan fingerprint density at radius 1 is 1.41 bits per heavy atom. The molecule has 0 fully saturated rings. The molecule has 0 aliphatic rings. The first-order valence-corrected chi connectivity index (χ1v) is 6.01. The molecule has 0 saturated heterocycles. The fraction of sp³-hybridized carbons (Fsp3) is 0.500. The molecule has 0 unspecified atom stereocenters. The number of rotatable bonds is 6. The van der Waals surface area contributed by atoms with Crippen LogP contribution in [0.5, 0.6) is 5.75 Å². The molecule has 0 amide bonds. The molecule has 0 aliphatic carbocycles. The molecule has 3 heteroatoms. The summed E-state index contributed by atoms with van der Waals surface area (Å²) in [6.45, 7) is 4.66. The van der Waals surface area contributed by atoms with Gasteiger partial charge in [-0.05, 0) is 43.9 Å². The molecule has 0 heterocycles. The zero-order valence-corrected chi connectivity index (χ0v) is 10.6. The first kappa shape index (κ1) is 13.5. The van der Waals surface area contributed by atoms with Crippen LogP contribution in [0.15, 0.2) is 18.2 Å². The fourth-order valence-corrected chi connectivity index (χ4v) is 1.61. The zero-order valence-electron chi connectivity index (χ0n) is 10.6. The standard InChI is InChI=1S/C14H20N2O/c1-11-10-13(12(2)16)6-7-14(11)17-9-5-3-4-8-15/h6-7,10,12H,3-5,9,16H2,1-2H3/t12-/m0/s1. The van der Waals surface area contributed by atoms with E-state index in [1.165, 1.54) is 0 Å². The second-order valence-electron chi connectivity index (χ2n) is 4.28. The van der Waals surface area contributed by atoms with E-state index >= 15 is 0 Å². The number of ether oxygens (including phenoxy) is 1. The van der Waals surface area contributed by atoms with Gasteiger partial charge < -0.3 is 10.5 Å². The summed E-state index contributed by atoms with van der Waals surface area (Å²) in [5.74, 6) is 0.909. The largest absolute Gasteiger partial charge is 0.493 e. The average molecular weight is 232 g/mol. The smallest absolute Gasteiger partial charge is 0.122 e. The molecular formula is C14H20N2O. The Bertz CT molecular complexity index is 394. The van der Waals surface area contributed by atoms with Gasteiger partial charge in [-0.1, -0.05) is 12.1 Å². The van der Waals surface area contributed by atoms with Gasteiger partial charge in [-0.15, -0.1) is 0 Å². The Morgan fingerprint density at radius 3 is 2.76 bits per heavy atom. The minimum atomic E-state index is 0.0541. The van der Waals surface area contributed by atoms with Gasteiger partial charge in [-0.3, -0.25) is 0 Å². The Hall–Kier alpha value is -1.53. The quantitative estimate of drug-likeness (QED) is 0.767. The molecule has 3 nitrogen and oxygen atoms in total. The molecular weight excluding hydrogens is 212 g/mol. The van der Waals surface area contributed by atoms with Crippen LogP contribution >= 0.6 is 0 Å². The summed E-state index contributed by atoms with van der Waals surface area (Å²) in [5, 5.41) is 8.41. The average Bonchev–Trinajstić information content (AvgIpc) is 2.30. The number of aryl methyl sites for hydroxylation is 1. The van der Waals surface area contributed by atoms with Gasteiger partial charge in [0.1, 0.15) is 5.75 Å². The monoisotopic (exact) mass is 232 g/mol. The number of hydrogen-bond acceptors (Lipinski definition) is 3. The van der Waals surface area contributed by atoms with Crippen molar-refractivity contribution in [3.8, 4) is 11.8 Å². The van der Waals surface area contributed by atoms with Crippen molar-refractivity contribution in [1.82, 2.24) is 0 Å². The van der Waals surface area contributed by atoms with Crippen molar-refractivity contribution in [2.45, 2.75) is 39.2 Å². The zero-order chi connectivity index (χ0) is 12.7. The summed E-state index contributed by atoms with van der Waals surface area (Å²) in [6, 6.07) is 8.22. The van der Waals surface area contributed by atoms with Gasteiger partial charge in [-0.2, -0.15) is 5.26 Å². The van der Waals surface area contributed by atoms with Gasteiger partial charge in [0.25, 0.3) is 0 Å². The van der Waals surface area contributed by atoms with Crippen molar-refractivity contribution in [1.29, 1.82) is 5.26 Å². The molecule has 0 bridgehead atoms. The van der Waals surface area contributed by atoms with Crippen LogP contribution in [-0.2, 0) is 0 Å². The lowest BCUT2D eigenvalue weighted by molar-refractivity contribution is 0.305. The Kier molecular flexibility index (Phi) is 5.51. The van der Waals surface area contributed by atoms with Crippen molar-refractivity contribution in [2.24, 2.45) is 5.73 Å². The predicted molar refractivity (Wildman–Crippen MR) is 68.7 cm³/mol. The molecule has 1 aromatic carbocycles. The van der Waals surface area contributed by atoms with Gasteiger partial charge in [0.15, 0.2) is 0 Å². The van der Waals surface area contributed by atoms with E-state index in [2.05, 4.69) is 12.1 Å². The molecule has 1 aromatic rings. The lowest BCUT2D eigenvalue weighted by atomic mass is 10.1. The molecule has 0 spiro atoms. The number of unbranched alkanes of at least 4 members (excludes halogenated alkanes) is 2. The number of nitrogens with two attached hydrogens (primary N) is 1. The maximum absolute atomic E-state index is 8.41. The Labute approximate surface area is 103 Å². The highest BCUT2D eigenvalue weighted by atomic mass is 16.5. The van der Waals surface area contributed by atoms with Gasteiger partial charge >= 0.3 is 0 Å². The lowest BCUT2D eigenvalue weighted by Crippen LogP contribution is -2.06. The van der Waals surface area contributed by atoms with E-state index in [0.717, 1.165) is 29.7 Å². The first-order valence-electron chi connectivity index (χ1n) is 6.01. The van der Waals surface area contributed by atoms with Crippen LogP contribution in [0.1, 0.15) is 43.4 Å². The summed E-state index contributed by atoms with van der Waals surface area (Å²) in [6.07, 6.45) is 2.42. The normalized spacial score (nSPS) is 11.9. The van der Waals surface area contributed by atoms with Crippen molar-refractivity contribution < 1.29 is 4.74 Å². The third kappa shape index (κ3) is 4.46. The molecule has 2 N–H and O–H groups in total. The van der Waals surface area contributed by atoms with Crippen LogP contribution in [-0.4, -0.2) is 6.61 Å². The molecule has 0 aromatic heterocycles. The highest BCUT2D eigenvalue weighted by molar-refractivity contribution is 5.37. The van der Waals surface area contributed by atoms with Crippen LogP contribution in [0.25, 0.3) is 0 Å². The summed E-state index contributed by atoms with van der Waals surface area (Å²) < 4.78 is 5.67. The summed E-state index contributed by atoms with van der Waals surface area (Å²) >= 11 is 0. The second kappa shape index (κ2) is 6.93. The third-order valence-corrected chi connectivity index (χ3v) is 2.67. The van der Waals surface area contributed by atoms with Crippen molar-refractivity contribution >= 4 is 0 Å². The van der Waals surface area contributed by atoms with Crippen LogP contribution in [0.2, 0.25) is 0 Å². The van der Waals surface area contributed by atoms with Crippen LogP contribution < -0.4 is 10.5 Å². The van der Waals surface area contributed by atoms with Crippen LogP contribution in [0.4, 0.5) is 0 Å². The molecule has 0 radical (unpaired) electrons. The predicted octanol–water partition coefficient (Wildman–Crippen LogP) is 3.09. The summed E-state index contributed by atoms with van der Waals surface area (Å²) in [7, 11) is 0. The number of hydrogen-bond donors (Lipinski definition) is 1. The van der Waals surface area contributed by atoms with E-state index in [4.69, 9.17) is 15.7 Å². The van der Waals surface area contributed by atoms with Crippen molar-refractivity contribution in [3.63, 3.8) is 0 Å². The maximum atomic E-state index is 8.41. The summed E-state index contributed by atoms with van der Waals surface area (Å²) in [4.78, 5) is 0. The van der Waals surface area contributed by atoms with Crippen LogP contribution in [0, 0.1) is 18.3 Å². The lowest BCUT2D eigenvalue weighted by Gasteiger charge is -2.12. The SMILES string of the molecule is Cc1cc([C@H](C)N)ccc1OCCCCC#N. The second-order valence-corrected chi connectivity index (χ2v) is 4.28. The first-order chi connectivity index (χ1) is 8.15. The van der Waals surface area contributed by atoms with Gasteiger partial charge in [0.2, 0.25) is 0 Å². The summed E-state index contributed by atoms with van der Waals surface area (Å²) in [5.41, 5.74) is 8.05. The maximum Gasteiger partial charge on any atom is 0.122 e. The molecule has 1 atom stereocenters. The van der Waals surface area contributed by atoms with Gasteiger partial charge in [-0.25, -0.2) is 0 Å². The van der Waals surface area contributed by atoms with E-state index in [1.54, 1.807) is 0 Å². The van der Waals surface area contributed by atoms with E-state index in [0.29, 0.717) is 13.0 Å². The van der Waals surface area contributed by atoms with E-state index in [1.807, 2.05) is 26.0 Å². The molecule has 17 heavy (non-hydrogen) atoms. The van der Waals surface area contributed by atoms with E-state index < -0.39 is 0 Å². The minimum absolute atomic E-state index is 0.0541. The highest BCUT2D eigenvalue weighted by Crippen LogP contribution is 2.22. The minimum Gasteiger partial charge on any atom is -0.493 e. The topological polar surface area (TPSA) is 59.0 Å². The molecule has 1 rings (SSSR count). The molecule has 0 aliphatic heterocycles. The Balaban J connectivity index is 2.47. The number of benzene rings is 1.